The number of ether oxygens (including phenoxy) is 6. The van der Waals surface area contributed by atoms with Gasteiger partial charge < -0.3 is 64.2 Å². The van der Waals surface area contributed by atoms with E-state index in [0.29, 0.717) is 19.3 Å². The Hall–Kier alpha value is -3.58. The van der Waals surface area contributed by atoms with Crippen molar-refractivity contribution < 1.29 is 73.8 Å². The molecule has 2 aliphatic rings. The summed E-state index contributed by atoms with van der Waals surface area (Å²) in [6.07, 6.45) is 37.2. The molecule has 0 aromatic rings. The lowest BCUT2D eigenvalue weighted by molar-refractivity contribution is -0.332. The molecule has 0 amide bonds. The molecule has 0 aromatic carbocycles. The second-order valence-corrected chi connectivity index (χ2v) is 18.3. The first-order valence-corrected chi connectivity index (χ1v) is 26.8. The first-order valence-electron chi connectivity index (χ1n) is 26.8. The number of hydrogen-bond donors (Lipinski definition) is 7. The van der Waals surface area contributed by atoms with Crippen LogP contribution in [0.5, 0.6) is 0 Å². The molecule has 0 bridgehead atoms. The topological polar surface area (TPSA) is 231 Å². The minimum Gasteiger partial charge on any atom is -0.462 e. The van der Waals surface area contributed by atoms with E-state index in [9.17, 15) is 45.3 Å². The largest absolute Gasteiger partial charge is 0.462 e. The van der Waals surface area contributed by atoms with E-state index in [-0.39, 0.29) is 19.4 Å². The molecule has 11 unspecified atom stereocenters. The number of carbonyl (C=O) groups is 2. The van der Waals surface area contributed by atoms with Gasteiger partial charge >= 0.3 is 11.9 Å². The molecule has 2 heterocycles. The second-order valence-electron chi connectivity index (χ2n) is 18.3. The fourth-order valence-electron chi connectivity index (χ4n) is 7.67. The summed E-state index contributed by atoms with van der Waals surface area (Å²) < 4.78 is 33.5. The van der Waals surface area contributed by atoms with E-state index in [1.54, 1.807) is 0 Å². The summed E-state index contributed by atoms with van der Waals surface area (Å²) in [5.74, 6) is -1.02. The van der Waals surface area contributed by atoms with Gasteiger partial charge in [-0.2, -0.15) is 0 Å². The van der Waals surface area contributed by atoms with Crippen molar-refractivity contribution in [3.8, 4) is 0 Å². The zero-order chi connectivity index (χ0) is 52.4. The van der Waals surface area contributed by atoms with Crippen LogP contribution >= 0.6 is 0 Å². The smallest absolute Gasteiger partial charge is 0.306 e. The van der Waals surface area contributed by atoms with Crippen molar-refractivity contribution in [1.29, 1.82) is 0 Å². The molecule has 0 spiro atoms. The molecule has 2 aliphatic heterocycles. The van der Waals surface area contributed by atoms with Gasteiger partial charge in [0.05, 0.1) is 19.8 Å². The van der Waals surface area contributed by atoms with Gasteiger partial charge in [-0.15, -0.1) is 0 Å². The molecule has 0 aliphatic carbocycles. The van der Waals surface area contributed by atoms with E-state index < -0.39 is 99.3 Å². The summed E-state index contributed by atoms with van der Waals surface area (Å²) in [7, 11) is 0. The maximum atomic E-state index is 13.0. The SMILES string of the molecule is CC/C=C\C/C=C\C/C=C\C/C=C\C/C=C\CCCC(=O)OC(COC(=O)CCCCCCCC/C=C\C/C=C\C/C=C\CCCCC)COC1OC(COC2OC(CO)C(O)C(O)C2O)C(O)C(O)C1O. The van der Waals surface area contributed by atoms with Gasteiger partial charge in [-0.25, -0.2) is 0 Å². The van der Waals surface area contributed by atoms with E-state index in [4.69, 9.17) is 28.4 Å². The van der Waals surface area contributed by atoms with Crippen molar-refractivity contribution in [3.63, 3.8) is 0 Å². The number of esters is 2. The Bertz CT molecular complexity index is 1620. The number of unbranched alkanes of at least 4 members (excludes halogenated alkanes) is 10. The number of carbonyl (C=O) groups excluding carboxylic acids is 2. The number of allylic oxidation sites excluding steroid dienone is 16. The van der Waals surface area contributed by atoms with Crippen molar-refractivity contribution in [1.82, 2.24) is 0 Å². The molecule has 11 atom stereocenters. The summed E-state index contributed by atoms with van der Waals surface area (Å²) in [6, 6.07) is 0. The van der Waals surface area contributed by atoms with E-state index in [0.717, 1.165) is 83.5 Å². The van der Waals surface area contributed by atoms with Crippen molar-refractivity contribution in [3.05, 3.63) is 97.2 Å². The molecule has 0 aromatic heterocycles. The highest BCUT2D eigenvalue weighted by Gasteiger charge is 2.47. The van der Waals surface area contributed by atoms with Crippen molar-refractivity contribution in [2.75, 3.05) is 26.4 Å². The van der Waals surface area contributed by atoms with Gasteiger partial charge in [0.15, 0.2) is 18.7 Å². The Morgan fingerprint density at radius 3 is 1.42 bits per heavy atom. The van der Waals surface area contributed by atoms with E-state index in [1.807, 2.05) is 12.2 Å². The van der Waals surface area contributed by atoms with Crippen LogP contribution in [0, 0.1) is 0 Å². The number of aliphatic hydroxyl groups excluding tert-OH is 7. The Balaban J connectivity index is 1.83. The van der Waals surface area contributed by atoms with Crippen LogP contribution in [0.25, 0.3) is 0 Å². The van der Waals surface area contributed by atoms with Gasteiger partial charge in [-0.3, -0.25) is 9.59 Å². The molecule has 2 fully saturated rings. The fraction of sp³-hybridized carbons (Fsp3) is 0.684. The fourth-order valence-corrected chi connectivity index (χ4v) is 7.67. The van der Waals surface area contributed by atoms with Crippen LogP contribution in [0.2, 0.25) is 0 Å². The molecular weight excluding hydrogens is 925 g/mol. The Kier molecular flexibility index (Phi) is 38.3. The summed E-state index contributed by atoms with van der Waals surface area (Å²) in [5.41, 5.74) is 0. The summed E-state index contributed by atoms with van der Waals surface area (Å²) in [4.78, 5) is 25.8. The lowest BCUT2D eigenvalue weighted by atomic mass is 9.98. The van der Waals surface area contributed by atoms with Gasteiger partial charge in [0.25, 0.3) is 0 Å². The van der Waals surface area contributed by atoms with Crippen LogP contribution in [0.15, 0.2) is 97.2 Å². The Morgan fingerprint density at radius 1 is 0.458 bits per heavy atom. The average molecular weight is 1020 g/mol. The van der Waals surface area contributed by atoms with E-state index >= 15 is 0 Å². The van der Waals surface area contributed by atoms with Crippen molar-refractivity contribution in [2.24, 2.45) is 0 Å². The second kappa shape index (κ2) is 42.7. The minimum atomic E-state index is -1.78. The lowest BCUT2D eigenvalue weighted by Gasteiger charge is -2.42. The zero-order valence-electron chi connectivity index (χ0n) is 43.4. The van der Waals surface area contributed by atoms with Crippen LogP contribution in [-0.4, -0.2) is 142 Å². The number of rotatable bonds is 40. The minimum absolute atomic E-state index is 0.0780. The predicted octanol–water partition coefficient (Wildman–Crippen LogP) is 8.15. The maximum absolute atomic E-state index is 13.0. The normalized spacial score (nSPS) is 25.8. The summed E-state index contributed by atoms with van der Waals surface area (Å²) >= 11 is 0. The quantitative estimate of drug-likeness (QED) is 0.0174. The highest BCUT2D eigenvalue weighted by molar-refractivity contribution is 5.70. The van der Waals surface area contributed by atoms with Crippen LogP contribution in [0.3, 0.4) is 0 Å². The predicted molar refractivity (Wildman–Crippen MR) is 279 cm³/mol. The first-order chi connectivity index (χ1) is 35.0. The monoisotopic (exact) mass is 1020 g/mol. The van der Waals surface area contributed by atoms with Gasteiger partial charge in [-0.1, -0.05) is 150 Å². The third-order valence-electron chi connectivity index (χ3n) is 12.0. The highest BCUT2D eigenvalue weighted by Crippen LogP contribution is 2.26. The number of aliphatic hydroxyl groups is 7. The third-order valence-corrected chi connectivity index (χ3v) is 12.0. The molecule has 72 heavy (non-hydrogen) atoms. The average Bonchev–Trinajstić information content (AvgIpc) is 3.37. The van der Waals surface area contributed by atoms with Crippen LogP contribution in [0.1, 0.15) is 155 Å². The van der Waals surface area contributed by atoms with E-state index in [1.165, 1.54) is 25.7 Å². The van der Waals surface area contributed by atoms with Gasteiger partial charge in [0, 0.05) is 12.8 Å². The molecular formula is C57H92O15. The summed E-state index contributed by atoms with van der Waals surface area (Å²) in [5, 5.41) is 72.2. The van der Waals surface area contributed by atoms with Crippen LogP contribution < -0.4 is 0 Å². The maximum Gasteiger partial charge on any atom is 0.306 e. The molecule has 0 saturated carbocycles. The first kappa shape index (κ1) is 64.5. The van der Waals surface area contributed by atoms with Crippen molar-refractivity contribution >= 4 is 11.9 Å². The summed E-state index contributed by atoms with van der Waals surface area (Å²) in [6.45, 7) is 2.36. The third kappa shape index (κ3) is 30.0. The van der Waals surface area contributed by atoms with E-state index in [2.05, 4.69) is 98.9 Å². The molecule has 0 radical (unpaired) electrons. The number of hydrogen-bond acceptors (Lipinski definition) is 15. The molecule has 2 saturated heterocycles. The van der Waals surface area contributed by atoms with Crippen LogP contribution in [-0.2, 0) is 38.0 Å². The molecule has 15 heteroatoms. The highest BCUT2D eigenvalue weighted by atomic mass is 16.7. The zero-order valence-corrected chi connectivity index (χ0v) is 43.4. The van der Waals surface area contributed by atoms with Gasteiger partial charge in [0.2, 0.25) is 0 Å². The molecule has 410 valence electrons. The van der Waals surface area contributed by atoms with Gasteiger partial charge in [0.1, 0.15) is 55.4 Å². The Morgan fingerprint density at radius 2 is 0.889 bits per heavy atom. The standard InChI is InChI=1S/C57H92O15/c1-3-5-7-9-11-13-15-17-19-21-22-24-25-27-29-31-33-35-37-39-48(59)67-42-45(70-49(60)40-38-36-34-32-30-28-26-23-20-18-16-14-12-10-8-6-4-2)43-68-56-55(66)53(64)51(62)47(72-56)44-69-57-54(65)52(63)50(61)46(41-58)71-57/h6,8,11-14,17-20,22,24,26,28,32,34,45-47,50-58,61-66H,3-5,7,9-10,15-16,21,23,25,27,29-31,33,35-44H2,1-2H3/b8-6-,13-11-,14-12-,19-17-,20-18-,24-22-,28-26-,34-32-. The molecule has 7 N–H and O–H groups in total. The Labute approximate surface area is 430 Å². The van der Waals surface area contributed by atoms with Crippen molar-refractivity contribution in [2.45, 2.75) is 223 Å². The molecule has 2 rings (SSSR count). The van der Waals surface area contributed by atoms with Crippen LogP contribution in [0.4, 0.5) is 0 Å². The van der Waals surface area contributed by atoms with Gasteiger partial charge in [-0.05, 0) is 89.9 Å². The molecule has 15 nitrogen and oxygen atoms in total. The lowest BCUT2D eigenvalue weighted by Crippen LogP contribution is -2.61.